The maximum Gasteiger partial charge on any atom is 0.341 e. The van der Waals surface area contributed by atoms with Crippen molar-refractivity contribution >= 4 is 21.7 Å². The molecule has 0 atom stereocenters. The fourth-order valence-corrected chi connectivity index (χ4v) is 3.21. The van der Waals surface area contributed by atoms with Crippen molar-refractivity contribution in [3.63, 3.8) is 0 Å². The molecule has 0 spiro atoms. The molecule has 2 heterocycles. The molecule has 3 aromatic rings. The summed E-state index contributed by atoms with van der Waals surface area (Å²) in [5.74, 6) is -4.59. The van der Waals surface area contributed by atoms with Gasteiger partial charge in [-0.05, 0) is 36.4 Å². The minimum Gasteiger partial charge on any atom is -0.477 e. The van der Waals surface area contributed by atoms with Crippen LogP contribution < -0.4 is 4.72 Å². The van der Waals surface area contributed by atoms with Crippen molar-refractivity contribution in [1.82, 2.24) is 9.55 Å². The van der Waals surface area contributed by atoms with E-state index in [0.29, 0.717) is 17.8 Å². The van der Waals surface area contributed by atoms with E-state index in [0.717, 1.165) is 0 Å². The van der Waals surface area contributed by atoms with E-state index in [1.807, 2.05) is 4.72 Å². The maximum atomic E-state index is 13.7. The van der Waals surface area contributed by atoms with Crippen LogP contribution in [0.25, 0.3) is 5.69 Å². The van der Waals surface area contributed by atoms with Gasteiger partial charge in [0.25, 0.3) is 10.0 Å². The average Bonchev–Trinajstić information content (AvgIpc) is 3.08. The lowest BCUT2D eigenvalue weighted by atomic mass is 10.2. The standard InChI is InChI=1S/C16H11F2N3O4S/c17-12-7-10(8-13(18)15(12)16(22)23)20-26(24,25)14-4-3-11(9-19-14)21-5-1-2-6-21/h1-9,20H,(H,22,23). The van der Waals surface area contributed by atoms with Gasteiger partial charge in [-0.1, -0.05) is 0 Å². The Morgan fingerprint density at radius 1 is 1.12 bits per heavy atom. The van der Waals surface area contributed by atoms with E-state index < -0.39 is 38.9 Å². The zero-order chi connectivity index (χ0) is 18.9. The van der Waals surface area contributed by atoms with Crippen LogP contribution in [0.1, 0.15) is 10.4 Å². The second kappa shape index (κ2) is 6.56. The minimum absolute atomic E-state index is 0.364. The third-order valence-corrected chi connectivity index (χ3v) is 4.70. The van der Waals surface area contributed by atoms with Crippen molar-refractivity contribution in [3.05, 3.63) is 72.2 Å². The quantitative estimate of drug-likeness (QED) is 0.710. The van der Waals surface area contributed by atoms with Gasteiger partial charge in [-0.2, -0.15) is 8.42 Å². The van der Waals surface area contributed by atoms with Crippen LogP contribution in [0, 0.1) is 11.6 Å². The Labute approximate surface area is 146 Å². The van der Waals surface area contributed by atoms with Crippen LogP contribution in [0.15, 0.2) is 60.0 Å². The molecule has 0 bridgehead atoms. The zero-order valence-corrected chi connectivity index (χ0v) is 13.7. The summed E-state index contributed by atoms with van der Waals surface area (Å²) in [5.41, 5.74) is -1.000. The van der Waals surface area contributed by atoms with Crippen LogP contribution >= 0.6 is 0 Å². The third-order valence-electron chi connectivity index (χ3n) is 3.41. The Morgan fingerprint density at radius 3 is 2.23 bits per heavy atom. The number of anilines is 1. The number of carboxylic acid groups (broad SMARTS) is 1. The number of pyridine rings is 1. The van der Waals surface area contributed by atoms with Crippen LogP contribution in [-0.2, 0) is 10.0 Å². The lowest BCUT2D eigenvalue weighted by Gasteiger charge is -2.10. The lowest BCUT2D eigenvalue weighted by molar-refractivity contribution is 0.0686. The van der Waals surface area contributed by atoms with E-state index in [1.54, 1.807) is 29.1 Å². The van der Waals surface area contributed by atoms with Crippen molar-refractivity contribution < 1.29 is 27.1 Å². The number of sulfonamides is 1. The van der Waals surface area contributed by atoms with E-state index in [2.05, 4.69) is 4.98 Å². The molecular formula is C16H11F2N3O4S. The molecule has 0 aliphatic heterocycles. The first-order valence-electron chi connectivity index (χ1n) is 7.12. The molecule has 0 aliphatic carbocycles. The van der Waals surface area contributed by atoms with Crippen LogP contribution in [-0.4, -0.2) is 29.0 Å². The van der Waals surface area contributed by atoms with E-state index in [4.69, 9.17) is 5.11 Å². The first-order chi connectivity index (χ1) is 12.3. The molecule has 134 valence electrons. The van der Waals surface area contributed by atoms with Gasteiger partial charge in [0.05, 0.1) is 17.6 Å². The average molecular weight is 379 g/mol. The van der Waals surface area contributed by atoms with E-state index in [-0.39, 0.29) is 5.03 Å². The molecule has 0 radical (unpaired) electrons. The summed E-state index contributed by atoms with van der Waals surface area (Å²) in [7, 11) is -4.22. The largest absolute Gasteiger partial charge is 0.477 e. The number of benzene rings is 1. The molecule has 1 aromatic carbocycles. The molecule has 0 unspecified atom stereocenters. The zero-order valence-electron chi connectivity index (χ0n) is 12.9. The van der Waals surface area contributed by atoms with Gasteiger partial charge in [0, 0.05) is 12.4 Å². The van der Waals surface area contributed by atoms with Gasteiger partial charge in [-0.3, -0.25) is 4.72 Å². The van der Waals surface area contributed by atoms with E-state index in [9.17, 15) is 22.0 Å². The maximum absolute atomic E-state index is 13.7. The first-order valence-corrected chi connectivity index (χ1v) is 8.61. The number of aromatic nitrogens is 2. The summed E-state index contributed by atoms with van der Waals surface area (Å²) in [6.07, 6.45) is 4.82. The summed E-state index contributed by atoms with van der Waals surface area (Å²) in [4.78, 5) is 14.6. The number of halogens is 2. The smallest absolute Gasteiger partial charge is 0.341 e. The second-order valence-electron chi connectivity index (χ2n) is 5.17. The molecule has 0 saturated heterocycles. The molecule has 3 rings (SSSR count). The van der Waals surface area contributed by atoms with Gasteiger partial charge < -0.3 is 9.67 Å². The SMILES string of the molecule is O=C(O)c1c(F)cc(NS(=O)(=O)c2ccc(-n3cccc3)cn2)cc1F. The topological polar surface area (TPSA) is 101 Å². The van der Waals surface area contributed by atoms with Crippen LogP contribution in [0.3, 0.4) is 0 Å². The highest BCUT2D eigenvalue weighted by Crippen LogP contribution is 2.22. The van der Waals surface area contributed by atoms with Gasteiger partial charge in [0.1, 0.15) is 17.2 Å². The molecule has 2 N–H and O–H groups in total. The number of nitrogens with zero attached hydrogens (tertiary/aromatic N) is 2. The van der Waals surface area contributed by atoms with Crippen molar-refractivity contribution in [2.45, 2.75) is 5.03 Å². The van der Waals surface area contributed by atoms with Crippen LogP contribution in [0.5, 0.6) is 0 Å². The number of hydrogen-bond acceptors (Lipinski definition) is 4. The summed E-state index contributed by atoms with van der Waals surface area (Å²) in [5, 5.41) is 8.36. The van der Waals surface area contributed by atoms with Crippen LogP contribution in [0.2, 0.25) is 0 Å². The van der Waals surface area contributed by atoms with Crippen molar-refractivity contribution in [2.75, 3.05) is 4.72 Å². The molecule has 7 nitrogen and oxygen atoms in total. The number of carboxylic acids is 1. The minimum atomic E-state index is -4.22. The van der Waals surface area contributed by atoms with Crippen molar-refractivity contribution in [3.8, 4) is 5.69 Å². The highest BCUT2D eigenvalue weighted by molar-refractivity contribution is 7.92. The Hall–Kier alpha value is -3.27. The number of aromatic carboxylic acids is 1. The first kappa shape index (κ1) is 17.5. The van der Waals surface area contributed by atoms with Crippen molar-refractivity contribution in [1.29, 1.82) is 0 Å². The summed E-state index contributed by atoms with van der Waals surface area (Å²) < 4.78 is 55.6. The summed E-state index contributed by atoms with van der Waals surface area (Å²) in [6.45, 7) is 0. The van der Waals surface area contributed by atoms with E-state index >= 15 is 0 Å². The van der Waals surface area contributed by atoms with E-state index in [1.165, 1.54) is 18.3 Å². The third kappa shape index (κ3) is 3.40. The molecule has 2 aromatic heterocycles. The fraction of sp³-hybridized carbons (Fsp3) is 0. The highest BCUT2D eigenvalue weighted by atomic mass is 32.2. The fourth-order valence-electron chi connectivity index (χ4n) is 2.23. The number of hydrogen-bond donors (Lipinski definition) is 2. The number of carbonyl (C=O) groups is 1. The Kier molecular flexibility index (Phi) is 4.43. The highest BCUT2D eigenvalue weighted by Gasteiger charge is 2.21. The second-order valence-corrected chi connectivity index (χ2v) is 6.80. The number of rotatable bonds is 5. The Balaban J connectivity index is 1.88. The molecule has 0 amide bonds. The molecule has 26 heavy (non-hydrogen) atoms. The van der Waals surface area contributed by atoms with Crippen LogP contribution in [0.4, 0.5) is 14.5 Å². The lowest BCUT2D eigenvalue weighted by Crippen LogP contribution is -2.16. The summed E-state index contributed by atoms with van der Waals surface area (Å²) >= 11 is 0. The van der Waals surface area contributed by atoms with Gasteiger partial charge in [-0.25, -0.2) is 18.6 Å². The normalized spacial score (nSPS) is 11.3. The molecule has 0 aliphatic rings. The Bertz CT molecular complexity index is 1040. The molecule has 0 saturated carbocycles. The predicted molar refractivity (Wildman–Crippen MR) is 87.7 cm³/mol. The molecular weight excluding hydrogens is 368 g/mol. The van der Waals surface area contributed by atoms with Gasteiger partial charge in [0.15, 0.2) is 5.03 Å². The monoisotopic (exact) mass is 379 g/mol. The number of nitrogens with one attached hydrogen (secondary N) is 1. The Morgan fingerprint density at radius 2 is 1.73 bits per heavy atom. The van der Waals surface area contributed by atoms with Crippen molar-refractivity contribution in [2.24, 2.45) is 0 Å². The summed E-state index contributed by atoms with van der Waals surface area (Å²) in [6, 6.07) is 7.48. The van der Waals surface area contributed by atoms with Gasteiger partial charge in [0.2, 0.25) is 0 Å². The van der Waals surface area contributed by atoms with Gasteiger partial charge >= 0.3 is 5.97 Å². The molecule has 0 fully saturated rings. The van der Waals surface area contributed by atoms with Gasteiger partial charge in [-0.15, -0.1) is 0 Å². The molecule has 10 heteroatoms. The predicted octanol–water partition coefficient (Wildman–Crippen LogP) is 2.65.